The Morgan fingerprint density at radius 1 is 1.43 bits per heavy atom. The molecule has 0 saturated heterocycles. The maximum Gasteiger partial charge on any atom is 0.288 e. The van der Waals surface area contributed by atoms with E-state index in [4.69, 9.17) is 4.74 Å². The molecular weight excluding hydrogens is 338 g/mol. The van der Waals surface area contributed by atoms with E-state index in [0.29, 0.717) is 16.8 Å². The summed E-state index contributed by atoms with van der Waals surface area (Å²) in [5, 5.41) is 13.8. The number of nitrogens with one attached hydrogen (secondary N) is 1. The fourth-order valence-electron chi connectivity index (χ4n) is 1.81. The van der Waals surface area contributed by atoms with Crippen LogP contribution in [0.3, 0.4) is 0 Å². The number of nitro groups is 1. The number of methoxy groups -OCH3 is 1. The second-order valence-corrected chi connectivity index (χ2v) is 5.16. The van der Waals surface area contributed by atoms with Crippen LogP contribution in [0.2, 0.25) is 0 Å². The van der Waals surface area contributed by atoms with Crippen LogP contribution < -0.4 is 10.1 Å². The van der Waals surface area contributed by atoms with Crippen molar-refractivity contribution in [1.82, 2.24) is 4.98 Å². The van der Waals surface area contributed by atoms with Crippen LogP contribution in [0.15, 0.2) is 41.0 Å². The lowest BCUT2D eigenvalue weighted by Crippen LogP contribution is -2.07. The number of pyridine rings is 1. The van der Waals surface area contributed by atoms with Crippen molar-refractivity contribution >= 4 is 27.4 Å². The first kappa shape index (κ1) is 15.2. The predicted octanol–water partition coefficient (Wildman–Crippen LogP) is 3.42. The molecule has 110 valence electrons. The molecule has 0 fully saturated rings. The van der Waals surface area contributed by atoms with Crippen molar-refractivity contribution in [3.05, 3.63) is 56.7 Å². The van der Waals surface area contributed by atoms with Gasteiger partial charge in [-0.3, -0.25) is 10.1 Å². The minimum atomic E-state index is -0.474. The van der Waals surface area contributed by atoms with Gasteiger partial charge in [0.1, 0.15) is 17.8 Å². The fourth-order valence-corrected chi connectivity index (χ4v) is 2.29. The molecule has 0 radical (unpaired) electrons. The van der Waals surface area contributed by atoms with Crippen molar-refractivity contribution < 1.29 is 9.66 Å². The Bertz CT molecular complexity index is 649. The first-order chi connectivity index (χ1) is 10.1. The van der Waals surface area contributed by atoms with Gasteiger partial charge in [0, 0.05) is 12.6 Å². The van der Waals surface area contributed by atoms with Crippen LogP contribution in [-0.2, 0) is 6.42 Å². The van der Waals surface area contributed by atoms with Gasteiger partial charge in [0.05, 0.1) is 16.5 Å². The molecule has 0 atom stereocenters. The van der Waals surface area contributed by atoms with Gasteiger partial charge < -0.3 is 10.1 Å². The van der Waals surface area contributed by atoms with Crippen molar-refractivity contribution in [1.29, 1.82) is 0 Å². The van der Waals surface area contributed by atoms with E-state index in [1.165, 1.54) is 12.3 Å². The zero-order valence-corrected chi connectivity index (χ0v) is 13.0. The number of hydrogen-bond acceptors (Lipinski definition) is 5. The highest BCUT2D eigenvalue weighted by atomic mass is 79.9. The number of nitrogens with zero attached hydrogens (tertiary/aromatic N) is 2. The molecule has 0 unspecified atom stereocenters. The average Bonchev–Trinajstić information content (AvgIpc) is 2.49. The number of hydrogen-bond donors (Lipinski definition) is 1. The Kier molecular flexibility index (Phi) is 5.10. The molecule has 7 heteroatoms. The highest BCUT2D eigenvalue weighted by Crippen LogP contribution is 2.24. The molecule has 0 aliphatic heterocycles. The lowest BCUT2D eigenvalue weighted by Gasteiger charge is -2.08. The van der Waals surface area contributed by atoms with Gasteiger partial charge in [-0.2, -0.15) is 0 Å². The molecule has 1 heterocycles. The minimum Gasteiger partial charge on any atom is -0.497 e. The summed E-state index contributed by atoms with van der Waals surface area (Å²) in [5.41, 5.74) is 1.10. The Balaban J connectivity index is 1.95. The molecule has 0 aliphatic rings. The summed E-state index contributed by atoms with van der Waals surface area (Å²) < 4.78 is 5.74. The van der Waals surface area contributed by atoms with Gasteiger partial charge in [-0.05, 0) is 40.0 Å². The Labute approximate surface area is 130 Å². The largest absolute Gasteiger partial charge is 0.497 e. The van der Waals surface area contributed by atoms with Crippen molar-refractivity contribution in [2.75, 3.05) is 19.0 Å². The molecule has 1 aromatic carbocycles. The summed E-state index contributed by atoms with van der Waals surface area (Å²) in [6.45, 7) is 0.663. The van der Waals surface area contributed by atoms with Gasteiger partial charge in [-0.15, -0.1) is 0 Å². The van der Waals surface area contributed by atoms with E-state index in [-0.39, 0.29) is 5.69 Å². The summed E-state index contributed by atoms with van der Waals surface area (Å²) in [4.78, 5) is 14.2. The molecule has 1 aromatic heterocycles. The average molecular weight is 352 g/mol. The van der Waals surface area contributed by atoms with Crippen molar-refractivity contribution in [3.8, 4) is 5.75 Å². The third-order valence-corrected chi connectivity index (χ3v) is 3.48. The highest BCUT2D eigenvalue weighted by Gasteiger charge is 2.10. The van der Waals surface area contributed by atoms with Gasteiger partial charge in [-0.1, -0.05) is 12.1 Å². The number of aromatic nitrogens is 1. The van der Waals surface area contributed by atoms with Gasteiger partial charge in [0.15, 0.2) is 0 Å². The van der Waals surface area contributed by atoms with Crippen molar-refractivity contribution in [2.45, 2.75) is 6.42 Å². The maximum absolute atomic E-state index is 10.6. The second-order valence-electron chi connectivity index (χ2n) is 4.31. The van der Waals surface area contributed by atoms with Crippen LogP contribution >= 0.6 is 15.9 Å². The molecular formula is C14H14BrN3O3. The Morgan fingerprint density at radius 2 is 2.24 bits per heavy atom. The summed E-state index contributed by atoms with van der Waals surface area (Å²) in [5.74, 6) is 1.41. The highest BCUT2D eigenvalue weighted by molar-refractivity contribution is 9.10. The zero-order valence-electron chi connectivity index (χ0n) is 11.4. The molecule has 2 rings (SSSR count). The molecule has 0 aliphatic carbocycles. The van der Waals surface area contributed by atoms with Gasteiger partial charge >= 0.3 is 0 Å². The van der Waals surface area contributed by atoms with Crippen LogP contribution in [0.4, 0.5) is 11.5 Å². The molecule has 0 bridgehead atoms. The van der Waals surface area contributed by atoms with Crippen LogP contribution in [0.1, 0.15) is 5.56 Å². The van der Waals surface area contributed by atoms with Crippen LogP contribution in [0.25, 0.3) is 0 Å². The van der Waals surface area contributed by atoms with E-state index in [1.54, 1.807) is 7.11 Å². The lowest BCUT2D eigenvalue weighted by molar-refractivity contribution is -0.385. The van der Waals surface area contributed by atoms with E-state index in [0.717, 1.165) is 17.7 Å². The molecule has 21 heavy (non-hydrogen) atoms. The third-order valence-electron chi connectivity index (χ3n) is 2.88. The summed E-state index contributed by atoms with van der Waals surface area (Å²) in [6.07, 6.45) is 2.03. The maximum atomic E-state index is 10.6. The Hall–Kier alpha value is -2.15. The third kappa shape index (κ3) is 4.16. The summed E-state index contributed by atoms with van der Waals surface area (Å²) >= 11 is 3.28. The topological polar surface area (TPSA) is 77.3 Å². The zero-order chi connectivity index (χ0) is 15.2. The number of rotatable bonds is 6. The summed E-state index contributed by atoms with van der Waals surface area (Å²) in [7, 11) is 1.63. The quantitative estimate of drug-likeness (QED) is 0.637. The normalized spacial score (nSPS) is 10.2. The molecule has 2 aromatic rings. The molecule has 0 saturated carbocycles. The monoisotopic (exact) mass is 351 g/mol. The lowest BCUT2D eigenvalue weighted by atomic mass is 10.1. The minimum absolute atomic E-state index is 0.0415. The van der Waals surface area contributed by atoms with Gasteiger partial charge in [0.2, 0.25) is 0 Å². The van der Waals surface area contributed by atoms with E-state index in [9.17, 15) is 10.1 Å². The number of anilines is 1. The molecule has 6 nitrogen and oxygen atoms in total. The first-order valence-corrected chi connectivity index (χ1v) is 7.06. The Morgan fingerprint density at radius 3 is 2.90 bits per heavy atom. The molecule has 1 N–H and O–H groups in total. The van der Waals surface area contributed by atoms with Crippen LogP contribution in [0.5, 0.6) is 5.75 Å². The van der Waals surface area contributed by atoms with Crippen molar-refractivity contribution in [2.24, 2.45) is 0 Å². The first-order valence-electron chi connectivity index (χ1n) is 6.27. The fraction of sp³-hybridized carbons (Fsp3) is 0.214. The summed E-state index contributed by atoms with van der Waals surface area (Å²) in [6, 6.07) is 9.25. The SMILES string of the molecule is COc1cccc(CCNc2ncc([N+](=O)[O-])cc2Br)c1. The molecule has 0 spiro atoms. The van der Waals surface area contributed by atoms with Crippen LogP contribution in [0, 0.1) is 10.1 Å². The van der Waals surface area contributed by atoms with E-state index >= 15 is 0 Å². The molecule has 0 amide bonds. The van der Waals surface area contributed by atoms with Crippen LogP contribution in [-0.4, -0.2) is 23.6 Å². The van der Waals surface area contributed by atoms with E-state index in [1.807, 2.05) is 24.3 Å². The number of benzene rings is 1. The number of halogens is 1. The smallest absolute Gasteiger partial charge is 0.288 e. The van der Waals surface area contributed by atoms with Gasteiger partial charge in [-0.25, -0.2) is 4.98 Å². The second kappa shape index (κ2) is 7.03. The number of ether oxygens (including phenoxy) is 1. The van der Waals surface area contributed by atoms with Crippen molar-refractivity contribution in [3.63, 3.8) is 0 Å². The standard InChI is InChI=1S/C14H14BrN3O3/c1-21-12-4-2-3-10(7-12)5-6-16-14-13(15)8-11(9-17-14)18(19)20/h2-4,7-9H,5-6H2,1H3,(H,16,17). The predicted molar refractivity (Wildman–Crippen MR) is 83.8 cm³/mol. The van der Waals surface area contributed by atoms with E-state index < -0.39 is 4.92 Å². The van der Waals surface area contributed by atoms with E-state index in [2.05, 4.69) is 26.2 Å². The van der Waals surface area contributed by atoms with Gasteiger partial charge in [0.25, 0.3) is 5.69 Å².